The summed E-state index contributed by atoms with van der Waals surface area (Å²) < 4.78 is 6.70. The summed E-state index contributed by atoms with van der Waals surface area (Å²) in [6.45, 7) is 13.6. The highest BCUT2D eigenvalue weighted by Crippen LogP contribution is 2.48. The van der Waals surface area contributed by atoms with Crippen LogP contribution in [0.3, 0.4) is 0 Å². The van der Waals surface area contributed by atoms with E-state index in [1.807, 2.05) is 0 Å². The molecule has 1 aliphatic carbocycles. The summed E-state index contributed by atoms with van der Waals surface area (Å²) in [6, 6.07) is 0. The third-order valence-corrected chi connectivity index (χ3v) is 9.61. The van der Waals surface area contributed by atoms with Crippen molar-refractivity contribution < 1.29 is 9.22 Å². The zero-order chi connectivity index (χ0) is 14.0. The highest BCUT2D eigenvalue weighted by atomic mass is 28.4. The highest BCUT2D eigenvalue weighted by Gasteiger charge is 2.49. The molecule has 0 heterocycles. The van der Waals surface area contributed by atoms with Crippen molar-refractivity contribution in [2.24, 2.45) is 5.92 Å². The molecule has 0 amide bonds. The van der Waals surface area contributed by atoms with Crippen molar-refractivity contribution in [2.45, 2.75) is 83.5 Å². The molecule has 0 N–H and O–H groups in total. The molecule has 0 spiro atoms. The number of rotatable bonds is 5. The van der Waals surface area contributed by atoms with Crippen LogP contribution in [0.5, 0.6) is 0 Å². The van der Waals surface area contributed by atoms with Gasteiger partial charge in [0.1, 0.15) is 6.29 Å². The van der Waals surface area contributed by atoms with Crippen molar-refractivity contribution in [3.05, 3.63) is 0 Å². The van der Waals surface area contributed by atoms with Crippen molar-refractivity contribution in [1.29, 1.82) is 0 Å². The Kier molecular flexibility index (Phi) is 4.82. The number of aldehydes is 1. The first-order valence-corrected chi connectivity index (χ1v) is 10.2. The maximum Gasteiger partial charge on any atom is 0.192 e. The normalized spacial score (nSPS) is 29.6. The second kappa shape index (κ2) is 5.46. The largest absolute Gasteiger partial charge is 0.411 e. The minimum atomic E-state index is -1.80. The lowest BCUT2D eigenvalue weighted by Gasteiger charge is -2.46. The average molecular weight is 270 g/mol. The lowest BCUT2D eigenvalue weighted by Crippen LogP contribution is -2.51. The van der Waals surface area contributed by atoms with E-state index in [1.54, 1.807) is 0 Å². The maximum atomic E-state index is 11.1. The fourth-order valence-corrected chi connectivity index (χ4v) is 4.61. The Morgan fingerprint density at radius 3 is 2.44 bits per heavy atom. The molecule has 1 fully saturated rings. The van der Waals surface area contributed by atoms with Gasteiger partial charge in [0, 0.05) is 6.42 Å². The molecule has 0 aromatic rings. The highest BCUT2D eigenvalue weighted by molar-refractivity contribution is 6.74. The lowest BCUT2D eigenvalue weighted by atomic mass is 9.86. The molecule has 0 aromatic heterocycles. The van der Waals surface area contributed by atoms with E-state index in [2.05, 4.69) is 40.8 Å². The molecule has 1 aliphatic rings. The van der Waals surface area contributed by atoms with Gasteiger partial charge in [0.2, 0.25) is 0 Å². The zero-order valence-corrected chi connectivity index (χ0v) is 14.0. The smallest absolute Gasteiger partial charge is 0.192 e. The number of hydrogen-bond donors (Lipinski definition) is 0. The van der Waals surface area contributed by atoms with Gasteiger partial charge in [-0.15, -0.1) is 0 Å². The van der Waals surface area contributed by atoms with Crippen molar-refractivity contribution in [3.63, 3.8) is 0 Å². The van der Waals surface area contributed by atoms with Crippen molar-refractivity contribution in [3.8, 4) is 0 Å². The minimum absolute atomic E-state index is 0.153. The molecule has 106 valence electrons. The van der Waals surface area contributed by atoms with Gasteiger partial charge in [-0.2, -0.15) is 0 Å². The Morgan fingerprint density at radius 1 is 1.39 bits per heavy atom. The molecule has 1 saturated carbocycles. The first-order chi connectivity index (χ1) is 8.18. The summed E-state index contributed by atoms with van der Waals surface area (Å²) in [5.41, 5.74) is -0.153. The minimum Gasteiger partial charge on any atom is -0.411 e. The molecule has 18 heavy (non-hydrogen) atoms. The van der Waals surface area contributed by atoms with Gasteiger partial charge in [0.25, 0.3) is 0 Å². The Bertz CT molecular complexity index is 293. The number of hydrogen-bond acceptors (Lipinski definition) is 2. The summed E-state index contributed by atoms with van der Waals surface area (Å²) in [6.07, 6.45) is 6.28. The molecule has 2 nitrogen and oxygen atoms in total. The Balaban J connectivity index is 2.96. The molecule has 0 radical (unpaired) electrons. The molecule has 0 aromatic carbocycles. The average Bonchev–Trinajstić information content (AvgIpc) is 2.58. The topological polar surface area (TPSA) is 26.3 Å². The monoisotopic (exact) mass is 270 g/mol. The molecule has 0 saturated heterocycles. The van der Waals surface area contributed by atoms with E-state index in [4.69, 9.17) is 4.43 Å². The molecular formula is C15H30O2Si. The van der Waals surface area contributed by atoms with Crippen molar-refractivity contribution in [2.75, 3.05) is 0 Å². The van der Waals surface area contributed by atoms with Gasteiger partial charge in [0.05, 0.1) is 5.60 Å². The van der Waals surface area contributed by atoms with Gasteiger partial charge in [-0.1, -0.05) is 40.5 Å². The van der Waals surface area contributed by atoms with Crippen LogP contribution in [0.1, 0.15) is 59.8 Å². The zero-order valence-electron chi connectivity index (χ0n) is 13.0. The third-order valence-electron chi connectivity index (χ3n) is 5.08. The van der Waals surface area contributed by atoms with Crippen LogP contribution >= 0.6 is 0 Å². The summed E-state index contributed by atoms with van der Waals surface area (Å²) in [5.74, 6) is 0.567. The second-order valence-electron chi connectivity index (χ2n) is 7.30. The molecule has 1 rings (SSSR count). The summed E-state index contributed by atoms with van der Waals surface area (Å²) in [4.78, 5) is 11.1. The van der Waals surface area contributed by atoms with Gasteiger partial charge in [-0.05, 0) is 36.9 Å². The predicted molar refractivity (Wildman–Crippen MR) is 79.3 cm³/mol. The van der Waals surface area contributed by atoms with Crippen LogP contribution in [-0.4, -0.2) is 20.2 Å². The molecule has 3 heteroatoms. The van der Waals surface area contributed by atoms with Gasteiger partial charge in [-0.25, -0.2) is 0 Å². The van der Waals surface area contributed by atoms with Gasteiger partial charge < -0.3 is 9.22 Å². The summed E-state index contributed by atoms with van der Waals surface area (Å²) >= 11 is 0. The standard InChI is InChI=1S/C15H30O2Si/c1-7-13-9-8-10-15(13,11-12-16)17-18(5,6)14(2,3)4/h12-13H,7-11H2,1-6H3/t13-,15+/m1/s1. The van der Waals surface area contributed by atoms with Gasteiger partial charge >= 0.3 is 0 Å². The van der Waals surface area contributed by atoms with Crippen LogP contribution in [0.25, 0.3) is 0 Å². The van der Waals surface area contributed by atoms with E-state index in [9.17, 15) is 4.79 Å². The SMILES string of the molecule is CC[C@@H]1CCC[C@@]1(CC=O)O[Si](C)(C)C(C)(C)C. The molecule has 0 aliphatic heterocycles. The predicted octanol–water partition coefficient (Wildman–Crippen LogP) is 4.55. The number of carbonyl (C=O) groups excluding carboxylic acids is 1. The van der Waals surface area contributed by atoms with E-state index in [1.165, 1.54) is 12.8 Å². The Morgan fingerprint density at radius 2 is 2.00 bits per heavy atom. The van der Waals surface area contributed by atoms with E-state index in [0.29, 0.717) is 12.3 Å². The second-order valence-corrected chi connectivity index (χ2v) is 12.0. The fourth-order valence-electron chi connectivity index (χ4n) is 2.94. The molecular weight excluding hydrogens is 240 g/mol. The first-order valence-electron chi connectivity index (χ1n) is 7.32. The van der Waals surface area contributed by atoms with Crippen LogP contribution in [0.15, 0.2) is 0 Å². The van der Waals surface area contributed by atoms with Crippen LogP contribution in [-0.2, 0) is 9.22 Å². The van der Waals surface area contributed by atoms with Crippen LogP contribution in [0, 0.1) is 5.92 Å². The Hall–Kier alpha value is -0.153. The van der Waals surface area contributed by atoms with E-state index >= 15 is 0 Å². The van der Waals surface area contributed by atoms with Crippen molar-refractivity contribution in [1.82, 2.24) is 0 Å². The quantitative estimate of drug-likeness (QED) is 0.541. The maximum absolute atomic E-state index is 11.1. The lowest BCUT2D eigenvalue weighted by molar-refractivity contribution is -0.113. The molecule has 2 atom stereocenters. The van der Waals surface area contributed by atoms with Crippen LogP contribution < -0.4 is 0 Å². The van der Waals surface area contributed by atoms with Gasteiger partial charge in [0.15, 0.2) is 8.32 Å². The Labute approximate surface area is 114 Å². The molecule has 0 unspecified atom stereocenters. The first kappa shape index (κ1) is 15.9. The number of carbonyl (C=O) groups is 1. The molecule has 0 bridgehead atoms. The van der Waals surface area contributed by atoms with E-state index < -0.39 is 8.32 Å². The van der Waals surface area contributed by atoms with E-state index in [-0.39, 0.29) is 10.6 Å². The van der Waals surface area contributed by atoms with Crippen LogP contribution in [0.2, 0.25) is 18.1 Å². The van der Waals surface area contributed by atoms with E-state index in [0.717, 1.165) is 19.1 Å². The summed E-state index contributed by atoms with van der Waals surface area (Å²) in [7, 11) is -1.80. The fraction of sp³-hybridized carbons (Fsp3) is 0.933. The van der Waals surface area contributed by atoms with Crippen LogP contribution in [0.4, 0.5) is 0 Å². The van der Waals surface area contributed by atoms with Crippen molar-refractivity contribution >= 4 is 14.6 Å². The third kappa shape index (κ3) is 3.05. The summed E-state index contributed by atoms with van der Waals surface area (Å²) in [5, 5.41) is 0.212. The van der Waals surface area contributed by atoms with Gasteiger partial charge in [-0.3, -0.25) is 0 Å².